The van der Waals surface area contributed by atoms with Crippen LogP contribution in [0.1, 0.15) is 25.0 Å². The maximum Gasteiger partial charge on any atom is 0.434 e. The Balaban J connectivity index is 1.66. The van der Waals surface area contributed by atoms with Crippen molar-refractivity contribution >= 4 is 5.82 Å². The molecule has 142 valence electrons. The van der Waals surface area contributed by atoms with Crippen LogP contribution in [0.3, 0.4) is 0 Å². The van der Waals surface area contributed by atoms with Crippen molar-refractivity contribution in [1.29, 1.82) is 0 Å². The van der Waals surface area contributed by atoms with Crippen LogP contribution in [0.4, 0.5) is 19.0 Å². The molecule has 0 amide bonds. The van der Waals surface area contributed by atoms with Crippen molar-refractivity contribution in [3.05, 3.63) is 47.2 Å². The molecule has 27 heavy (non-hydrogen) atoms. The second-order valence-corrected chi connectivity index (χ2v) is 6.25. The van der Waals surface area contributed by atoms with Gasteiger partial charge in [-0.3, -0.25) is 14.5 Å². The summed E-state index contributed by atoms with van der Waals surface area (Å²) in [5.74, 6) is 1.03. The molecule has 0 aliphatic carbocycles. The maximum atomic E-state index is 12.7. The van der Waals surface area contributed by atoms with E-state index in [4.69, 9.17) is 0 Å². The molecular formula is C16H16F3N7O. The minimum absolute atomic E-state index is 0.0103. The number of nitrogens with zero attached hydrogens (tertiary/aromatic N) is 6. The Morgan fingerprint density at radius 2 is 1.78 bits per heavy atom. The summed E-state index contributed by atoms with van der Waals surface area (Å²) in [6.07, 6.45) is 3.17. The van der Waals surface area contributed by atoms with E-state index in [2.05, 4.69) is 25.0 Å². The van der Waals surface area contributed by atoms with E-state index >= 15 is 0 Å². The molecule has 3 aromatic rings. The summed E-state index contributed by atoms with van der Waals surface area (Å²) in [4.78, 5) is 26.4. The predicted octanol–water partition coefficient (Wildman–Crippen LogP) is 2.15. The fourth-order valence-electron chi connectivity index (χ4n) is 3.07. The summed E-state index contributed by atoms with van der Waals surface area (Å²) < 4.78 is 40.4. The molecule has 0 saturated carbocycles. The van der Waals surface area contributed by atoms with Crippen molar-refractivity contribution in [2.24, 2.45) is 0 Å². The van der Waals surface area contributed by atoms with E-state index in [1.165, 1.54) is 18.9 Å². The number of hydrogen-bond donors (Lipinski definition) is 1. The summed E-state index contributed by atoms with van der Waals surface area (Å²) in [5, 5.41) is 2.73. The molecule has 0 radical (unpaired) electrons. The summed E-state index contributed by atoms with van der Waals surface area (Å²) in [7, 11) is 0. The number of rotatable bonds is 3. The number of halogens is 3. The average molecular weight is 379 g/mol. The summed E-state index contributed by atoms with van der Waals surface area (Å²) >= 11 is 0. The highest BCUT2D eigenvalue weighted by molar-refractivity contribution is 5.44. The second kappa shape index (κ2) is 6.56. The molecule has 8 nitrogen and oxygen atoms in total. The van der Waals surface area contributed by atoms with E-state index < -0.39 is 17.4 Å². The highest BCUT2D eigenvalue weighted by Gasteiger charge is 2.33. The molecule has 0 aromatic carbocycles. The Hall–Kier alpha value is -3.11. The Morgan fingerprint density at radius 3 is 2.48 bits per heavy atom. The average Bonchev–Trinajstić information content (AvgIpc) is 3.29. The molecule has 0 bridgehead atoms. The van der Waals surface area contributed by atoms with E-state index in [-0.39, 0.29) is 5.69 Å². The first-order valence-electron chi connectivity index (χ1n) is 8.43. The van der Waals surface area contributed by atoms with Gasteiger partial charge in [0.1, 0.15) is 24.2 Å². The fourth-order valence-corrected chi connectivity index (χ4v) is 3.07. The van der Waals surface area contributed by atoms with Gasteiger partial charge in [-0.25, -0.2) is 15.0 Å². The maximum absolute atomic E-state index is 12.7. The van der Waals surface area contributed by atoms with Gasteiger partial charge in [0.15, 0.2) is 11.5 Å². The largest absolute Gasteiger partial charge is 0.434 e. The lowest BCUT2D eigenvalue weighted by Crippen LogP contribution is -2.30. The standard InChI is InChI=1S/C16H16F3N7O/c17-16(18,19)12-8-25(10-22-12)11-7-23-26(15(11)27)14-6-13(20-9-21-14)24-4-2-1-3-5-24/h6-10,23H,1-5H2. The Morgan fingerprint density at radius 1 is 1.04 bits per heavy atom. The van der Waals surface area contributed by atoms with Gasteiger partial charge in [0.05, 0.1) is 0 Å². The molecule has 0 unspecified atom stereocenters. The molecule has 1 fully saturated rings. The van der Waals surface area contributed by atoms with Gasteiger partial charge in [-0.05, 0) is 19.3 Å². The molecule has 3 aromatic heterocycles. The molecule has 0 spiro atoms. The van der Waals surface area contributed by atoms with Crippen LogP contribution in [0.5, 0.6) is 0 Å². The molecule has 1 aliphatic rings. The second-order valence-electron chi connectivity index (χ2n) is 6.25. The molecule has 0 atom stereocenters. The number of aromatic amines is 1. The van der Waals surface area contributed by atoms with Gasteiger partial charge in [0, 0.05) is 31.5 Å². The summed E-state index contributed by atoms with van der Waals surface area (Å²) in [6.45, 7) is 1.77. The van der Waals surface area contributed by atoms with Gasteiger partial charge in [-0.1, -0.05) is 0 Å². The van der Waals surface area contributed by atoms with Crippen LogP contribution in [0.2, 0.25) is 0 Å². The van der Waals surface area contributed by atoms with Gasteiger partial charge in [0.25, 0.3) is 5.56 Å². The zero-order chi connectivity index (χ0) is 19.0. The third-order valence-corrected chi connectivity index (χ3v) is 4.45. The number of nitrogens with one attached hydrogen (secondary N) is 1. The minimum Gasteiger partial charge on any atom is -0.356 e. The zero-order valence-corrected chi connectivity index (χ0v) is 14.1. The van der Waals surface area contributed by atoms with E-state index in [1.807, 2.05) is 0 Å². The lowest BCUT2D eigenvalue weighted by Gasteiger charge is -2.27. The number of hydrogen-bond acceptors (Lipinski definition) is 5. The van der Waals surface area contributed by atoms with Crippen LogP contribution < -0.4 is 10.5 Å². The number of alkyl halides is 3. The van der Waals surface area contributed by atoms with Crippen LogP contribution in [0.15, 0.2) is 35.9 Å². The smallest absolute Gasteiger partial charge is 0.356 e. The normalized spacial score (nSPS) is 15.3. The number of H-pyrrole nitrogens is 1. The molecule has 1 N–H and O–H groups in total. The number of aromatic nitrogens is 6. The third kappa shape index (κ3) is 3.32. The molecular weight excluding hydrogens is 363 g/mol. The monoisotopic (exact) mass is 379 g/mol. The lowest BCUT2D eigenvalue weighted by molar-refractivity contribution is -0.140. The van der Waals surface area contributed by atoms with Crippen molar-refractivity contribution in [2.45, 2.75) is 25.4 Å². The Kier molecular flexibility index (Phi) is 4.21. The number of imidazole rings is 1. The van der Waals surface area contributed by atoms with Gasteiger partial charge >= 0.3 is 6.18 Å². The quantitative estimate of drug-likeness (QED) is 0.754. The van der Waals surface area contributed by atoms with Crippen LogP contribution in [-0.2, 0) is 6.18 Å². The lowest BCUT2D eigenvalue weighted by atomic mass is 10.1. The van der Waals surface area contributed by atoms with Crippen molar-refractivity contribution in [2.75, 3.05) is 18.0 Å². The van der Waals surface area contributed by atoms with E-state index in [9.17, 15) is 18.0 Å². The minimum atomic E-state index is -4.57. The van der Waals surface area contributed by atoms with Crippen LogP contribution in [-0.4, -0.2) is 42.4 Å². The Bertz CT molecular complexity index is 998. The van der Waals surface area contributed by atoms with E-state index in [0.29, 0.717) is 11.6 Å². The van der Waals surface area contributed by atoms with Crippen molar-refractivity contribution < 1.29 is 13.2 Å². The summed E-state index contributed by atoms with van der Waals surface area (Å²) in [6, 6.07) is 1.68. The van der Waals surface area contributed by atoms with Gasteiger partial charge in [-0.15, -0.1) is 0 Å². The zero-order valence-electron chi connectivity index (χ0n) is 14.1. The molecule has 4 rings (SSSR count). The Labute approximate surface area is 151 Å². The van der Waals surface area contributed by atoms with Gasteiger partial charge in [0.2, 0.25) is 0 Å². The van der Waals surface area contributed by atoms with Crippen molar-refractivity contribution in [3.8, 4) is 11.5 Å². The number of anilines is 1. The van der Waals surface area contributed by atoms with E-state index in [1.54, 1.807) is 6.07 Å². The van der Waals surface area contributed by atoms with E-state index in [0.717, 1.165) is 47.7 Å². The predicted molar refractivity (Wildman–Crippen MR) is 90.2 cm³/mol. The fraction of sp³-hybridized carbons (Fsp3) is 0.375. The first-order valence-corrected chi connectivity index (χ1v) is 8.43. The number of piperidine rings is 1. The topological polar surface area (TPSA) is 84.6 Å². The molecule has 4 heterocycles. The summed E-state index contributed by atoms with van der Waals surface area (Å²) in [5.41, 5.74) is -1.59. The third-order valence-electron chi connectivity index (χ3n) is 4.45. The SMILES string of the molecule is O=c1c(-n2cnc(C(F)(F)F)c2)c[nH]n1-c1cc(N2CCCCC2)ncn1. The molecule has 1 aliphatic heterocycles. The van der Waals surface area contributed by atoms with Crippen LogP contribution in [0.25, 0.3) is 11.5 Å². The molecule has 11 heteroatoms. The highest BCUT2D eigenvalue weighted by atomic mass is 19.4. The highest BCUT2D eigenvalue weighted by Crippen LogP contribution is 2.27. The first-order chi connectivity index (χ1) is 12.9. The molecule has 1 saturated heterocycles. The van der Waals surface area contributed by atoms with Crippen LogP contribution >= 0.6 is 0 Å². The van der Waals surface area contributed by atoms with Gasteiger partial charge < -0.3 is 4.90 Å². The van der Waals surface area contributed by atoms with Crippen LogP contribution in [0, 0.1) is 0 Å². The van der Waals surface area contributed by atoms with Gasteiger partial charge in [-0.2, -0.15) is 17.9 Å². The van der Waals surface area contributed by atoms with Crippen molar-refractivity contribution in [1.82, 2.24) is 29.3 Å². The van der Waals surface area contributed by atoms with Crippen molar-refractivity contribution in [3.63, 3.8) is 0 Å². The first kappa shape index (κ1) is 17.3.